The van der Waals surface area contributed by atoms with Crippen LogP contribution in [0.15, 0.2) is 24.3 Å². The third-order valence-corrected chi connectivity index (χ3v) is 8.00. The predicted octanol–water partition coefficient (Wildman–Crippen LogP) is 3.72. The van der Waals surface area contributed by atoms with Gasteiger partial charge >= 0.3 is 5.97 Å². The van der Waals surface area contributed by atoms with Crippen molar-refractivity contribution < 1.29 is 14.3 Å². The van der Waals surface area contributed by atoms with Gasteiger partial charge in [0.15, 0.2) is 0 Å². The third-order valence-electron chi connectivity index (χ3n) is 8.00. The van der Waals surface area contributed by atoms with Gasteiger partial charge in [0.25, 0.3) is 0 Å². The van der Waals surface area contributed by atoms with Crippen molar-refractivity contribution in [1.82, 2.24) is 9.80 Å². The molecule has 29 heavy (non-hydrogen) atoms. The van der Waals surface area contributed by atoms with Crippen LogP contribution in [-0.2, 0) is 15.1 Å². The third kappa shape index (κ3) is 3.27. The molecule has 5 nitrogen and oxygen atoms in total. The van der Waals surface area contributed by atoms with Crippen molar-refractivity contribution in [3.63, 3.8) is 0 Å². The lowest BCUT2D eigenvalue weighted by atomic mass is 9.74. The van der Waals surface area contributed by atoms with Crippen LogP contribution in [0.5, 0.6) is 0 Å². The molecular weight excluding hydrogens is 364 g/mol. The molecule has 0 N–H and O–H groups in total. The number of nitrogens with zero attached hydrogens (tertiary/aromatic N) is 2. The van der Waals surface area contributed by atoms with Crippen LogP contribution < -0.4 is 0 Å². The maximum atomic E-state index is 13.2. The quantitative estimate of drug-likeness (QED) is 0.731. The van der Waals surface area contributed by atoms with E-state index < -0.39 is 5.60 Å². The maximum absolute atomic E-state index is 13.2. The summed E-state index contributed by atoms with van der Waals surface area (Å²) < 4.78 is 5.85. The van der Waals surface area contributed by atoms with E-state index in [1.165, 1.54) is 25.7 Å². The highest BCUT2D eigenvalue weighted by Crippen LogP contribution is 2.48. The lowest BCUT2D eigenvalue weighted by Crippen LogP contribution is -2.45. The molecule has 2 aliphatic heterocycles. The molecule has 4 aliphatic rings. The number of fused-ring (bicyclic) bond motifs is 2. The van der Waals surface area contributed by atoms with Gasteiger partial charge in [-0.05, 0) is 51.0 Å². The summed E-state index contributed by atoms with van der Waals surface area (Å²) in [6.45, 7) is 2.17. The molecule has 5 rings (SSSR count). The molecule has 1 aromatic carbocycles. The summed E-state index contributed by atoms with van der Waals surface area (Å²) >= 11 is 0. The summed E-state index contributed by atoms with van der Waals surface area (Å²) in [5.74, 6) is 0.133. The van der Waals surface area contributed by atoms with Gasteiger partial charge in [0, 0.05) is 43.7 Å². The van der Waals surface area contributed by atoms with E-state index in [1.54, 1.807) is 0 Å². The Balaban J connectivity index is 1.20. The number of rotatable bonds is 3. The topological polar surface area (TPSA) is 49.9 Å². The number of esters is 1. The number of benzene rings is 1. The first-order chi connectivity index (χ1) is 14.1. The molecular formula is C24H32N2O3. The van der Waals surface area contributed by atoms with Gasteiger partial charge in [0.1, 0.15) is 5.60 Å². The van der Waals surface area contributed by atoms with E-state index in [-0.39, 0.29) is 17.8 Å². The molecule has 156 valence electrons. The van der Waals surface area contributed by atoms with Crippen molar-refractivity contribution in [2.75, 3.05) is 20.1 Å². The van der Waals surface area contributed by atoms with Crippen LogP contribution in [0.1, 0.15) is 73.7 Å². The van der Waals surface area contributed by atoms with Crippen LogP contribution in [-0.4, -0.2) is 53.9 Å². The number of carbonyl (C=O) groups excluding carboxylic acids is 2. The van der Waals surface area contributed by atoms with Crippen molar-refractivity contribution >= 4 is 11.9 Å². The highest BCUT2D eigenvalue weighted by molar-refractivity contribution is 5.94. The molecule has 2 heterocycles. The zero-order valence-electron chi connectivity index (χ0n) is 17.4. The minimum absolute atomic E-state index is 0.0534. The van der Waals surface area contributed by atoms with Crippen LogP contribution in [0.25, 0.3) is 0 Å². The van der Waals surface area contributed by atoms with Gasteiger partial charge in [-0.25, -0.2) is 4.79 Å². The van der Waals surface area contributed by atoms with Gasteiger partial charge in [0.2, 0.25) is 5.91 Å². The zero-order chi connectivity index (χ0) is 20.0. The fourth-order valence-corrected chi connectivity index (χ4v) is 6.20. The molecule has 0 bridgehead atoms. The highest BCUT2D eigenvalue weighted by atomic mass is 16.6. The summed E-state index contributed by atoms with van der Waals surface area (Å²) in [5, 5.41) is 0. The molecule has 1 amide bonds. The van der Waals surface area contributed by atoms with Gasteiger partial charge in [-0.2, -0.15) is 0 Å². The summed E-state index contributed by atoms with van der Waals surface area (Å²) in [6, 6.07) is 8.83. The van der Waals surface area contributed by atoms with E-state index in [4.69, 9.17) is 4.74 Å². The SMILES string of the molecule is CN(C(=O)[C@H]1CC[C@@]2(CC1)OC(=O)c1ccccc12)C1CCN(C2CCCC2)C1. The summed E-state index contributed by atoms with van der Waals surface area (Å²) in [4.78, 5) is 30.2. The number of likely N-dealkylation sites (tertiary alicyclic amines) is 1. The Kier molecular flexibility index (Phi) is 4.89. The summed E-state index contributed by atoms with van der Waals surface area (Å²) in [7, 11) is 2.00. The summed E-state index contributed by atoms with van der Waals surface area (Å²) in [5.41, 5.74) is 1.22. The van der Waals surface area contributed by atoms with Crippen molar-refractivity contribution in [2.45, 2.75) is 75.5 Å². The molecule has 1 atom stereocenters. The van der Waals surface area contributed by atoms with Crippen LogP contribution in [0.4, 0.5) is 0 Å². The van der Waals surface area contributed by atoms with E-state index in [0.717, 1.165) is 56.8 Å². The molecule has 3 fully saturated rings. The van der Waals surface area contributed by atoms with Gasteiger partial charge < -0.3 is 9.64 Å². The molecule has 2 aliphatic carbocycles. The summed E-state index contributed by atoms with van der Waals surface area (Å²) in [6.07, 6.45) is 9.56. The van der Waals surface area contributed by atoms with Crippen LogP contribution in [0, 0.1) is 5.92 Å². The Morgan fingerprint density at radius 2 is 1.83 bits per heavy atom. The van der Waals surface area contributed by atoms with Gasteiger partial charge in [-0.3, -0.25) is 9.69 Å². The fourth-order valence-electron chi connectivity index (χ4n) is 6.20. The van der Waals surface area contributed by atoms with Gasteiger partial charge in [-0.15, -0.1) is 0 Å². The predicted molar refractivity (Wildman–Crippen MR) is 110 cm³/mol. The van der Waals surface area contributed by atoms with E-state index in [0.29, 0.717) is 11.6 Å². The van der Waals surface area contributed by atoms with Crippen LogP contribution >= 0.6 is 0 Å². The number of hydrogen-bond donors (Lipinski definition) is 0. The largest absolute Gasteiger partial charge is 0.451 e. The molecule has 5 heteroatoms. The number of ether oxygens (including phenoxy) is 1. The normalized spacial score (nSPS) is 32.5. The first-order valence-corrected chi connectivity index (χ1v) is 11.4. The van der Waals surface area contributed by atoms with Crippen LogP contribution in [0.2, 0.25) is 0 Å². The zero-order valence-corrected chi connectivity index (χ0v) is 17.4. The van der Waals surface area contributed by atoms with Gasteiger partial charge in [0.05, 0.1) is 5.56 Å². The number of amides is 1. The first-order valence-electron chi connectivity index (χ1n) is 11.4. The lowest BCUT2D eigenvalue weighted by molar-refractivity contribution is -0.139. The molecule has 2 saturated carbocycles. The van der Waals surface area contributed by atoms with Gasteiger partial charge in [-0.1, -0.05) is 31.0 Å². The molecule has 1 saturated heterocycles. The molecule has 1 spiro atoms. The number of carbonyl (C=O) groups is 2. The second-order valence-corrected chi connectivity index (χ2v) is 9.53. The molecule has 1 unspecified atom stereocenters. The Bertz CT molecular complexity index is 793. The van der Waals surface area contributed by atoms with E-state index >= 15 is 0 Å². The first kappa shape index (κ1) is 19.1. The van der Waals surface area contributed by atoms with Crippen molar-refractivity contribution in [3.05, 3.63) is 35.4 Å². The average Bonchev–Trinajstić information content (AvgIpc) is 3.48. The van der Waals surface area contributed by atoms with Crippen molar-refractivity contribution in [2.24, 2.45) is 5.92 Å². The Labute approximate surface area is 173 Å². The van der Waals surface area contributed by atoms with Crippen molar-refractivity contribution in [1.29, 1.82) is 0 Å². The Morgan fingerprint density at radius 1 is 1.10 bits per heavy atom. The molecule has 0 aromatic heterocycles. The minimum Gasteiger partial charge on any atom is -0.451 e. The highest BCUT2D eigenvalue weighted by Gasteiger charge is 2.48. The van der Waals surface area contributed by atoms with E-state index in [2.05, 4.69) is 4.90 Å². The molecule has 0 radical (unpaired) electrons. The monoisotopic (exact) mass is 396 g/mol. The average molecular weight is 397 g/mol. The van der Waals surface area contributed by atoms with Crippen molar-refractivity contribution in [3.8, 4) is 0 Å². The lowest BCUT2D eigenvalue weighted by Gasteiger charge is -2.38. The fraction of sp³-hybridized carbons (Fsp3) is 0.667. The standard InChI is InChI=1S/C24H32N2O3/c1-25(19-12-15-26(16-19)18-6-2-3-7-18)22(27)17-10-13-24(14-11-17)21-9-5-4-8-20(21)23(28)29-24/h4-5,8-9,17-19H,2-3,6-7,10-16H2,1H3/t17-,19?,24-. The second-order valence-electron chi connectivity index (χ2n) is 9.53. The minimum atomic E-state index is -0.504. The molecule has 1 aromatic rings. The Morgan fingerprint density at radius 3 is 2.59 bits per heavy atom. The number of hydrogen-bond acceptors (Lipinski definition) is 4. The van der Waals surface area contributed by atoms with E-state index in [1.807, 2.05) is 36.2 Å². The van der Waals surface area contributed by atoms with E-state index in [9.17, 15) is 9.59 Å². The number of likely N-dealkylation sites (N-methyl/N-ethyl adjacent to an activating group) is 1. The maximum Gasteiger partial charge on any atom is 0.339 e. The van der Waals surface area contributed by atoms with Crippen LogP contribution in [0.3, 0.4) is 0 Å². The second kappa shape index (κ2) is 7.42. The Hall–Kier alpha value is -1.88. The smallest absolute Gasteiger partial charge is 0.339 e.